The molecule has 74 valence electrons. The van der Waals surface area contributed by atoms with Crippen molar-refractivity contribution in [1.82, 2.24) is 9.97 Å². The van der Waals surface area contributed by atoms with Crippen LogP contribution in [-0.2, 0) is 9.53 Å². The smallest absolute Gasteiger partial charge is 0.373 e. The molecule has 0 aliphatic carbocycles. The lowest BCUT2D eigenvalue weighted by Crippen LogP contribution is -2.06. The summed E-state index contributed by atoms with van der Waals surface area (Å²) < 4.78 is 4.58. The number of carbonyl (C=O) groups excluding carboxylic acids is 1. The zero-order valence-corrected chi connectivity index (χ0v) is 7.67. The van der Waals surface area contributed by atoms with E-state index in [-0.39, 0.29) is 6.61 Å². The molecule has 5 nitrogen and oxygen atoms in total. The van der Waals surface area contributed by atoms with Gasteiger partial charge in [0, 0.05) is 12.3 Å². The van der Waals surface area contributed by atoms with Gasteiger partial charge in [-0.15, -0.1) is 0 Å². The predicted molar refractivity (Wildman–Crippen MR) is 49.3 cm³/mol. The molecule has 0 aliphatic rings. The maximum Gasteiger partial charge on any atom is 0.373 e. The van der Waals surface area contributed by atoms with E-state index in [1.54, 1.807) is 13.0 Å². The quantitative estimate of drug-likeness (QED) is 0.440. The zero-order chi connectivity index (χ0) is 10.4. The number of aliphatic hydroxyl groups is 1. The molecule has 0 aromatic carbocycles. The first-order chi connectivity index (χ1) is 6.74. The number of aromatic nitrogens is 2. The number of hydrogen-bond acceptors (Lipinski definition) is 5. The molecule has 0 radical (unpaired) electrons. The molecule has 0 spiro atoms. The highest BCUT2D eigenvalue weighted by molar-refractivity contribution is 5.90. The summed E-state index contributed by atoms with van der Waals surface area (Å²) in [5.41, 5.74) is 0.450. The lowest BCUT2D eigenvalue weighted by Gasteiger charge is -1.99. The molecule has 5 heteroatoms. The molecule has 1 aromatic rings. The number of aliphatic hydroxyl groups excluding tert-OH is 1. The lowest BCUT2D eigenvalue weighted by atomic mass is 10.3. The van der Waals surface area contributed by atoms with E-state index in [0.29, 0.717) is 5.69 Å². The monoisotopic (exact) mass is 194 g/mol. The highest BCUT2D eigenvalue weighted by Gasteiger charge is 2.07. The summed E-state index contributed by atoms with van der Waals surface area (Å²) in [5, 5.41) is 9.23. The average molecular weight is 194 g/mol. The van der Waals surface area contributed by atoms with Crippen molar-refractivity contribution in [2.45, 2.75) is 6.92 Å². The summed E-state index contributed by atoms with van der Waals surface area (Å²) in [6, 6.07) is 1.56. The summed E-state index contributed by atoms with van der Waals surface area (Å²) in [4.78, 5) is 18.5. The highest BCUT2D eigenvalue weighted by Crippen LogP contribution is 2.01. The minimum atomic E-state index is -0.758. The molecule has 0 saturated heterocycles. The van der Waals surface area contributed by atoms with Gasteiger partial charge in [-0.2, -0.15) is 0 Å². The van der Waals surface area contributed by atoms with Crippen molar-refractivity contribution in [3.05, 3.63) is 30.0 Å². The SMILES string of the molecule is CCOC(=O)/C(O)=C/c1ccncn1. The number of carbonyl (C=O) groups is 1. The molecule has 0 bridgehead atoms. The van der Waals surface area contributed by atoms with Crippen molar-refractivity contribution in [1.29, 1.82) is 0 Å². The van der Waals surface area contributed by atoms with E-state index in [1.807, 2.05) is 0 Å². The summed E-state index contributed by atoms with van der Waals surface area (Å²) in [6.07, 6.45) is 4.06. The third-order valence-corrected chi connectivity index (χ3v) is 1.37. The van der Waals surface area contributed by atoms with Crippen LogP contribution in [0.15, 0.2) is 24.3 Å². The normalized spacial score (nSPS) is 11.1. The Morgan fingerprint density at radius 1 is 1.71 bits per heavy atom. The second kappa shape index (κ2) is 4.96. The van der Waals surface area contributed by atoms with E-state index in [1.165, 1.54) is 18.6 Å². The third kappa shape index (κ3) is 2.85. The van der Waals surface area contributed by atoms with Gasteiger partial charge >= 0.3 is 5.97 Å². The fourth-order valence-electron chi connectivity index (χ4n) is 0.790. The zero-order valence-electron chi connectivity index (χ0n) is 7.67. The van der Waals surface area contributed by atoms with E-state index in [4.69, 9.17) is 0 Å². The molecule has 0 atom stereocenters. The van der Waals surface area contributed by atoms with Gasteiger partial charge in [0.25, 0.3) is 0 Å². The van der Waals surface area contributed by atoms with Crippen molar-refractivity contribution >= 4 is 12.0 Å². The van der Waals surface area contributed by atoms with Crippen molar-refractivity contribution < 1.29 is 14.6 Å². The Balaban J connectivity index is 2.74. The van der Waals surface area contributed by atoms with Gasteiger partial charge in [0.1, 0.15) is 6.33 Å². The number of esters is 1. The number of hydrogen-bond donors (Lipinski definition) is 1. The molecule has 1 N–H and O–H groups in total. The van der Waals surface area contributed by atoms with Crippen LogP contribution in [0.4, 0.5) is 0 Å². The number of rotatable bonds is 3. The Kier molecular flexibility index (Phi) is 3.60. The molecule has 0 unspecified atom stereocenters. The van der Waals surface area contributed by atoms with Crippen molar-refractivity contribution in [3.8, 4) is 0 Å². The fourth-order valence-corrected chi connectivity index (χ4v) is 0.790. The Hall–Kier alpha value is -1.91. The Bertz CT molecular complexity index is 335. The first kappa shape index (κ1) is 10.2. The third-order valence-electron chi connectivity index (χ3n) is 1.37. The van der Waals surface area contributed by atoms with Gasteiger partial charge in [0.05, 0.1) is 12.3 Å². The van der Waals surface area contributed by atoms with E-state index in [0.717, 1.165) is 0 Å². The molecular formula is C9H10N2O3. The van der Waals surface area contributed by atoms with E-state index < -0.39 is 11.7 Å². The van der Waals surface area contributed by atoms with Gasteiger partial charge < -0.3 is 9.84 Å². The van der Waals surface area contributed by atoms with Gasteiger partial charge in [0.2, 0.25) is 5.76 Å². The first-order valence-corrected chi connectivity index (χ1v) is 4.08. The molecule has 1 aromatic heterocycles. The molecule has 0 aliphatic heterocycles. The minimum Gasteiger partial charge on any atom is -0.502 e. The Morgan fingerprint density at radius 3 is 3.07 bits per heavy atom. The van der Waals surface area contributed by atoms with Crippen LogP contribution < -0.4 is 0 Å². The predicted octanol–water partition coefficient (Wildman–Crippen LogP) is 0.939. The fraction of sp³-hybridized carbons (Fsp3) is 0.222. The van der Waals surface area contributed by atoms with Gasteiger partial charge in [-0.25, -0.2) is 14.8 Å². The van der Waals surface area contributed by atoms with Gasteiger partial charge in [-0.1, -0.05) is 0 Å². The van der Waals surface area contributed by atoms with Gasteiger partial charge in [0.15, 0.2) is 0 Å². The number of nitrogens with zero attached hydrogens (tertiary/aromatic N) is 2. The van der Waals surface area contributed by atoms with Crippen LogP contribution in [-0.4, -0.2) is 27.7 Å². The molecule has 0 amide bonds. The van der Waals surface area contributed by atoms with E-state index in [9.17, 15) is 9.90 Å². The summed E-state index contributed by atoms with van der Waals surface area (Å²) >= 11 is 0. The van der Waals surface area contributed by atoms with Crippen molar-refractivity contribution in [2.75, 3.05) is 6.61 Å². The summed E-state index contributed by atoms with van der Waals surface area (Å²) in [5.74, 6) is -1.23. The van der Waals surface area contributed by atoms with Crippen LogP contribution >= 0.6 is 0 Å². The second-order valence-corrected chi connectivity index (χ2v) is 2.38. The van der Waals surface area contributed by atoms with Crippen LogP contribution in [0.5, 0.6) is 0 Å². The molecule has 14 heavy (non-hydrogen) atoms. The molecule has 1 heterocycles. The van der Waals surface area contributed by atoms with Gasteiger partial charge in [-0.3, -0.25) is 0 Å². The van der Waals surface area contributed by atoms with E-state index >= 15 is 0 Å². The maximum absolute atomic E-state index is 11.0. The number of ether oxygens (including phenoxy) is 1. The van der Waals surface area contributed by atoms with Crippen LogP contribution in [0.25, 0.3) is 6.08 Å². The summed E-state index contributed by atoms with van der Waals surface area (Å²) in [7, 11) is 0. The second-order valence-electron chi connectivity index (χ2n) is 2.38. The minimum absolute atomic E-state index is 0.223. The highest BCUT2D eigenvalue weighted by atomic mass is 16.5. The average Bonchev–Trinajstić information content (AvgIpc) is 2.19. The molecule has 0 saturated carbocycles. The van der Waals surface area contributed by atoms with Crippen LogP contribution in [0.1, 0.15) is 12.6 Å². The Labute approximate surface area is 81.1 Å². The lowest BCUT2D eigenvalue weighted by molar-refractivity contribution is -0.141. The first-order valence-electron chi connectivity index (χ1n) is 4.08. The largest absolute Gasteiger partial charge is 0.502 e. The van der Waals surface area contributed by atoms with Crippen molar-refractivity contribution in [3.63, 3.8) is 0 Å². The van der Waals surface area contributed by atoms with Crippen LogP contribution in [0.3, 0.4) is 0 Å². The Morgan fingerprint density at radius 2 is 2.50 bits per heavy atom. The summed E-state index contributed by atoms with van der Waals surface area (Å²) in [6.45, 7) is 1.89. The van der Waals surface area contributed by atoms with E-state index in [2.05, 4.69) is 14.7 Å². The standard InChI is InChI=1S/C9H10N2O3/c1-2-14-9(13)8(12)5-7-3-4-10-6-11-7/h3-6,12H,2H2,1H3/b8-5-. The van der Waals surface area contributed by atoms with Gasteiger partial charge in [-0.05, 0) is 13.0 Å². The topological polar surface area (TPSA) is 72.3 Å². The molecular weight excluding hydrogens is 184 g/mol. The maximum atomic E-state index is 11.0. The molecule has 0 fully saturated rings. The van der Waals surface area contributed by atoms with Crippen LogP contribution in [0.2, 0.25) is 0 Å². The van der Waals surface area contributed by atoms with Crippen molar-refractivity contribution in [2.24, 2.45) is 0 Å². The molecule has 1 rings (SSSR count). The van der Waals surface area contributed by atoms with Crippen LogP contribution in [0, 0.1) is 0 Å².